The van der Waals surface area contributed by atoms with Crippen molar-refractivity contribution in [3.63, 3.8) is 0 Å². The Kier molecular flexibility index (Phi) is 3.94. The zero-order chi connectivity index (χ0) is 19.6. The van der Waals surface area contributed by atoms with Crippen molar-refractivity contribution in [2.24, 2.45) is 28.9 Å². The summed E-state index contributed by atoms with van der Waals surface area (Å²) in [6.07, 6.45) is 11.4. The lowest BCUT2D eigenvalue weighted by Gasteiger charge is -2.59. The highest BCUT2D eigenvalue weighted by Gasteiger charge is 2.56. The summed E-state index contributed by atoms with van der Waals surface area (Å²) in [5.41, 5.74) is 8.28. The molecule has 152 valence electrons. The van der Waals surface area contributed by atoms with Gasteiger partial charge in [-0.1, -0.05) is 12.1 Å². The molecule has 1 amide bonds. The number of nitrogens with zero attached hydrogens (tertiary/aromatic N) is 1. The first-order valence-corrected chi connectivity index (χ1v) is 11.6. The average Bonchev–Trinajstić information content (AvgIpc) is 2.63. The minimum Gasteiger partial charge on any atom is -0.369 e. The van der Waals surface area contributed by atoms with Gasteiger partial charge in [-0.25, -0.2) is 4.98 Å². The molecule has 4 bridgehead atoms. The number of primary amides is 1. The number of anilines is 1. The summed E-state index contributed by atoms with van der Waals surface area (Å²) < 4.78 is 0. The Morgan fingerprint density at radius 1 is 1.03 bits per heavy atom. The summed E-state index contributed by atoms with van der Waals surface area (Å²) in [4.78, 5) is 17.8. The molecule has 1 atom stereocenters. The van der Waals surface area contributed by atoms with Crippen LogP contribution < -0.4 is 11.1 Å². The molecule has 5 aliphatic carbocycles. The van der Waals surface area contributed by atoms with Crippen LogP contribution >= 0.6 is 0 Å². The van der Waals surface area contributed by atoms with Crippen molar-refractivity contribution in [3.05, 3.63) is 35.9 Å². The number of aromatic nitrogens is 1. The summed E-state index contributed by atoms with van der Waals surface area (Å²) in [5, 5.41) is 4.65. The van der Waals surface area contributed by atoms with Gasteiger partial charge in [0, 0.05) is 11.4 Å². The maximum atomic E-state index is 12.9. The third kappa shape index (κ3) is 2.86. The summed E-state index contributed by atoms with van der Waals surface area (Å²) in [6, 6.07) is 11.1. The molecular weight excluding hydrogens is 358 g/mol. The normalized spacial score (nSPS) is 34.1. The second-order valence-corrected chi connectivity index (χ2v) is 10.5. The van der Waals surface area contributed by atoms with Crippen molar-refractivity contribution in [2.75, 3.05) is 5.32 Å². The number of nitrogens with one attached hydrogen (secondary N) is 1. The zero-order valence-electron chi connectivity index (χ0n) is 17.1. The number of nitrogens with two attached hydrogens (primary N) is 1. The van der Waals surface area contributed by atoms with Crippen LogP contribution in [-0.4, -0.2) is 16.9 Å². The van der Waals surface area contributed by atoms with E-state index >= 15 is 0 Å². The Morgan fingerprint density at radius 2 is 1.72 bits per heavy atom. The average molecular weight is 390 g/mol. The molecular formula is C25H31N3O. The zero-order valence-corrected chi connectivity index (χ0v) is 17.1. The van der Waals surface area contributed by atoms with Gasteiger partial charge < -0.3 is 11.1 Å². The monoisotopic (exact) mass is 389 g/mol. The van der Waals surface area contributed by atoms with Crippen LogP contribution in [-0.2, 0) is 4.79 Å². The first-order valence-electron chi connectivity index (χ1n) is 11.6. The van der Waals surface area contributed by atoms with Crippen LogP contribution in [0, 0.1) is 23.2 Å². The fraction of sp³-hybridized carbons (Fsp3) is 0.600. The second-order valence-electron chi connectivity index (χ2n) is 10.5. The van der Waals surface area contributed by atoms with Crippen LogP contribution in [0.3, 0.4) is 0 Å². The molecule has 0 spiro atoms. The Bertz CT molecular complexity index is 928. The summed E-state index contributed by atoms with van der Waals surface area (Å²) in [6.45, 7) is 0. The van der Waals surface area contributed by atoms with E-state index in [0.29, 0.717) is 6.04 Å². The maximum Gasteiger partial charge on any atom is 0.225 e. The number of rotatable bonds is 5. The predicted molar refractivity (Wildman–Crippen MR) is 116 cm³/mol. The van der Waals surface area contributed by atoms with Gasteiger partial charge in [0.1, 0.15) is 5.82 Å². The number of hydrogen-bond acceptors (Lipinski definition) is 3. The highest BCUT2D eigenvalue weighted by atomic mass is 16.1. The molecule has 1 heterocycles. The molecule has 29 heavy (non-hydrogen) atoms. The second kappa shape index (κ2) is 6.45. The van der Waals surface area contributed by atoms with Crippen molar-refractivity contribution in [1.29, 1.82) is 0 Å². The number of hydrogen-bond donors (Lipinski definition) is 2. The molecule has 5 fully saturated rings. The lowest BCUT2D eigenvalue weighted by atomic mass is 9.45. The van der Waals surface area contributed by atoms with Gasteiger partial charge in [0.05, 0.1) is 11.4 Å². The van der Waals surface area contributed by atoms with Gasteiger partial charge in [-0.3, -0.25) is 4.79 Å². The predicted octanol–water partition coefficient (Wildman–Crippen LogP) is 4.98. The van der Waals surface area contributed by atoms with Gasteiger partial charge in [-0.05, 0) is 105 Å². The molecule has 1 aromatic carbocycles. The van der Waals surface area contributed by atoms with E-state index in [2.05, 4.69) is 35.6 Å². The Labute approximate surface area is 172 Å². The van der Waals surface area contributed by atoms with E-state index in [9.17, 15) is 4.79 Å². The number of carbonyl (C=O) groups excluding carboxylic acids is 1. The summed E-state index contributed by atoms with van der Waals surface area (Å²) >= 11 is 0. The lowest BCUT2D eigenvalue weighted by Crippen LogP contribution is -2.51. The maximum absolute atomic E-state index is 12.9. The van der Waals surface area contributed by atoms with Crippen molar-refractivity contribution in [1.82, 2.24) is 4.98 Å². The standard InChI is InChI=1S/C25H31N3O/c26-24(29)23(25-12-15-9-16(13-25)11-17(10-15)14-25)20-5-2-6-21-19(20)7-8-22(28-21)27-18-3-1-4-18/h2,5-8,15-18,23H,1,3-4,9-14H2,(H2,26,29)(H,27,28). The highest BCUT2D eigenvalue weighted by Crippen LogP contribution is 2.64. The third-order valence-electron chi connectivity index (χ3n) is 8.52. The molecule has 2 aromatic rings. The largest absolute Gasteiger partial charge is 0.369 e. The smallest absolute Gasteiger partial charge is 0.225 e. The van der Waals surface area contributed by atoms with E-state index in [1.807, 2.05) is 0 Å². The number of pyridine rings is 1. The van der Waals surface area contributed by atoms with Gasteiger partial charge >= 0.3 is 0 Å². The van der Waals surface area contributed by atoms with Gasteiger partial charge in [0.2, 0.25) is 5.91 Å². The molecule has 7 rings (SSSR count). The number of carbonyl (C=O) groups is 1. The molecule has 3 N–H and O–H groups in total. The van der Waals surface area contributed by atoms with Crippen LogP contribution in [0.25, 0.3) is 10.9 Å². The van der Waals surface area contributed by atoms with E-state index in [-0.39, 0.29) is 17.2 Å². The minimum atomic E-state index is -0.188. The van der Waals surface area contributed by atoms with Crippen molar-refractivity contribution in [2.45, 2.75) is 69.7 Å². The van der Waals surface area contributed by atoms with Gasteiger partial charge in [-0.15, -0.1) is 0 Å². The first kappa shape index (κ1) is 17.7. The van der Waals surface area contributed by atoms with Crippen molar-refractivity contribution < 1.29 is 4.79 Å². The molecule has 1 aromatic heterocycles. The topological polar surface area (TPSA) is 68.0 Å². The van der Waals surface area contributed by atoms with E-state index in [1.54, 1.807) is 0 Å². The fourth-order valence-electron chi connectivity index (χ4n) is 7.59. The Hall–Kier alpha value is -2.10. The molecule has 5 saturated carbocycles. The number of fused-ring (bicyclic) bond motifs is 1. The summed E-state index contributed by atoms with van der Waals surface area (Å²) in [5.74, 6) is 3.02. The fourth-order valence-corrected chi connectivity index (χ4v) is 7.59. The highest BCUT2D eigenvalue weighted by molar-refractivity contribution is 5.92. The van der Waals surface area contributed by atoms with Crippen LogP contribution in [0.5, 0.6) is 0 Å². The molecule has 5 aliphatic rings. The Balaban J connectivity index is 1.41. The van der Waals surface area contributed by atoms with Gasteiger partial charge in [0.25, 0.3) is 0 Å². The van der Waals surface area contributed by atoms with Crippen LogP contribution in [0.4, 0.5) is 5.82 Å². The van der Waals surface area contributed by atoms with Gasteiger partial charge in [0.15, 0.2) is 0 Å². The molecule has 0 radical (unpaired) electrons. The Morgan fingerprint density at radius 3 is 2.31 bits per heavy atom. The van der Waals surface area contributed by atoms with E-state index in [4.69, 9.17) is 10.7 Å². The number of amides is 1. The van der Waals surface area contributed by atoms with Crippen LogP contribution in [0.2, 0.25) is 0 Å². The molecule has 0 saturated heterocycles. The lowest BCUT2D eigenvalue weighted by molar-refractivity contribution is -0.130. The third-order valence-corrected chi connectivity index (χ3v) is 8.52. The van der Waals surface area contributed by atoms with Crippen LogP contribution in [0.1, 0.15) is 69.3 Å². The van der Waals surface area contributed by atoms with E-state index < -0.39 is 0 Å². The van der Waals surface area contributed by atoms with Gasteiger partial charge in [-0.2, -0.15) is 0 Å². The molecule has 4 nitrogen and oxygen atoms in total. The van der Waals surface area contributed by atoms with Crippen LogP contribution in [0.15, 0.2) is 30.3 Å². The molecule has 4 heteroatoms. The number of benzene rings is 1. The van der Waals surface area contributed by atoms with E-state index in [0.717, 1.165) is 40.0 Å². The van der Waals surface area contributed by atoms with Crippen molar-refractivity contribution >= 4 is 22.6 Å². The first-order chi connectivity index (χ1) is 14.1. The minimum absolute atomic E-state index is 0.0672. The SMILES string of the molecule is NC(=O)C(c1cccc2nc(NC3CCC3)ccc12)C12CC3CC(CC(C3)C1)C2. The quantitative estimate of drug-likeness (QED) is 0.757. The van der Waals surface area contributed by atoms with Crippen molar-refractivity contribution in [3.8, 4) is 0 Å². The summed E-state index contributed by atoms with van der Waals surface area (Å²) in [7, 11) is 0. The van der Waals surface area contributed by atoms with E-state index in [1.165, 1.54) is 57.8 Å². The molecule has 0 aliphatic heterocycles. The molecule has 1 unspecified atom stereocenters.